The number of hydrogen-bond acceptors (Lipinski definition) is 6. The van der Waals surface area contributed by atoms with Crippen LogP contribution >= 0.6 is 0 Å². The lowest BCUT2D eigenvalue weighted by atomic mass is 10.1. The Labute approximate surface area is 163 Å². The van der Waals surface area contributed by atoms with Crippen molar-refractivity contribution in [3.8, 4) is 11.4 Å². The average molecular weight is 378 g/mol. The highest BCUT2D eigenvalue weighted by atomic mass is 16.6. The fourth-order valence-corrected chi connectivity index (χ4v) is 2.84. The molecule has 0 spiro atoms. The number of aromatic nitrogens is 2. The van der Waals surface area contributed by atoms with Gasteiger partial charge in [-0.05, 0) is 29.7 Å². The maximum Gasteiger partial charge on any atom is 0.269 e. The molecule has 0 saturated heterocycles. The van der Waals surface area contributed by atoms with Crippen LogP contribution in [0.1, 0.15) is 23.7 Å². The number of nitro benzene ring substituents is 1. The number of nitro groups is 1. The van der Waals surface area contributed by atoms with Crippen LogP contribution in [0.4, 0.5) is 11.5 Å². The number of nitrogens with one attached hydrogen (secondary N) is 1. The van der Waals surface area contributed by atoms with E-state index in [2.05, 4.69) is 21.4 Å². The lowest BCUT2D eigenvalue weighted by molar-refractivity contribution is -0.384. The predicted molar refractivity (Wildman–Crippen MR) is 108 cm³/mol. The lowest BCUT2D eigenvalue weighted by Crippen LogP contribution is -2.07. The van der Waals surface area contributed by atoms with Crippen molar-refractivity contribution in [2.75, 3.05) is 12.4 Å². The van der Waals surface area contributed by atoms with Gasteiger partial charge in [0.05, 0.1) is 11.5 Å². The van der Waals surface area contributed by atoms with Crippen LogP contribution in [-0.4, -0.2) is 22.0 Å². The SMILES string of the molecule is CCc1cc(NCc2ccccc2COC)nc(-c2ccc([N+](=O)[O-])cc2)n1. The molecule has 0 radical (unpaired) electrons. The molecule has 2 aromatic carbocycles. The average Bonchev–Trinajstić information content (AvgIpc) is 2.73. The summed E-state index contributed by atoms with van der Waals surface area (Å²) in [5.74, 6) is 1.26. The summed E-state index contributed by atoms with van der Waals surface area (Å²) < 4.78 is 5.26. The Morgan fingerprint density at radius 2 is 1.79 bits per heavy atom. The van der Waals surface area contributed by atoms with Crippen LogP contribution in [0, 0.1) is 10.1 Å². The fraction of sp³-hybridized carbons (Fsp3) is 0.238. The molecule has 1 aromatic heterocycles. The minimum absolute atomic E-state index is 0.0449. The topological polar surface area (TPSA) is 90.2 Å². The fourth-order valence-electron chi connectivity index (χ4n) is 2.84. The van der Waals surface area contributed by atoms with Crippen LogP contribution < -0.4 is 5.32 Å². The number of non-ortho nitro benzene ring substituents is 1. The largest absolute Gasteiger partial charge is 0.380 e. The van der Waals surface area contributed by atoms with E-state index in [0.717, 1.165) is 28.8 Å². The zero-order valence-corrected chi connectivity index (χ0v) is 15.9. The van der Waals surface area contributed by atoms with Gasteiger partial charge in [-0.25, -0.2) is 9.97 Å². The van der Waals surface area contributed by atoms with Crippen LogP contribution in [0.3, 0.4) is 0 Å². The molecular formula is C21H22N4O3. The van der Waals surface area contributed by atoms with E-state index in [4.69, 9.17) is 4.74 Å². The number of ether oxygens (including phenoxy) is 1. The van der Waals surface area contributed by atoms with E-state index in [-0.39, 0.29) is 5.69 Å². The Morgan fingerprint density at radius 1 is 1.07 bits per heavy atom. The monoisotopic (exact) mass is 378 g/mol. The first kappa shape index (κ1) is 19.4. The summed E-state index contributed by atoms with van der Waals surface area (Å²) in [4.78, 5) is 19.6. The number of hydrogen-bond donors (Lipinski definition) is 1. The van der Waals surface area contributed by atoms with Crippen molar-refractivity contribution in [1.29, 1.82) is 0 Å². The highest BCUT2D eigenvalue weighted by Gasteiger charge is 2.10. The van der Waals surface area contributed by atoms with E-state index in [0.29, 0.717) is 24.8 Å². The van der Waals surface area contributed by atoms with Crippen LogP contribution in [0.25, 0.3) is 11.4 Å². The Morgan fingerprint density at radius 3 is 2.43 bits per heavy atom. The Balaban J connectivity index is 1.84. The van der Waals surface area contributed by atoms with Gasteiger partial charge in [0.25, 0.3) is 5.69 Å². The third kappa shape index (κ3) is 4.69. The smallest absolute Gasteiger partial charge is 0.269 e. The lowest BCUT2D eigenvalue weighted by Gasteiger charge is -2.12. The second-order valence-electron chi connectivity index (χ2n) is 6.28. The van der Waals surface area contributed by atoms with Crippen LogP contribution in [0.2, 0.25) is 0 Å². The van der Waals surface area contributed by atoms with Gasteiger partial charge in [-0.1, -0.05) is 31.2 Å². The summed E-state index contributed by atoms with van der Waals surface area (Å²) in [6, 6.07) is 16.3. The summed E-state index contributed by atoms with van der Waals surface area (Å²) in [6.45, 7) is 3.19. The van der Waals surface area contributed by atoms with Gasteiger partial charge >= 0.3 is 0 Å². The van der Waals surface area contributed by atoms with Gasteiger partial charge < -0.3 is 10.1 Å². The quantitative estimate of drug-likeness (QED) is 0.462. The molecule has 0 bridgehead atoms. The van der Waals surface area contributed by atoms with Gasteiger partial charge in [0.1, 0.15) is 5.82 Å². The predicted octanol–water partition coefficient (Wildman–Crippen LogP) is 4.37. The molecule has 7 heteroatoms. The molecule has 0 atom stereocenters. The molecule has 7 nitrogen and oxygen atoms in total. The number of rotatable bonds is 8. The van der Waals surface area contributed by atoms with Crippen molar-refractivity contribution >= 4 is 11.5 Å². The summed E-state index contributed by atoms with van der Waals surface area (Å²) in [6.07, 6.45) is 0.761. The molecular weight excluding hydrogens is 356 g/mol. The van der Waals surface area contributed by atoms with Crippen LogP contribution in [0.15, 0.2) is 54.6 Å². The molecule has 0 unspecified atom stereocenters. The van der Waals surface area contributed by atoms with E-state index in [9.17, 15) is 10.1 Å². The molecule has 0 saturated carbocycles. The van der Waals surface area contributed by atoms with Gasteiger partial charge in [0, 0.05) is 43.1 Å². The van der Waals surface area contributed by atoms with Gasteiger partial charge in [-0.3, -0.25) is 10.1 Å². The molecule has 0 amide bonds. The van der Waals surface area contributed by atoms with E-state index >= 15 is 0 Å². The Kier molecular flexibility index (Phi) is 6.29. The standard InChI is InChI=1S/C21H22N4O3/c1-3-18-12-20(22-13-16-6-4-5-7-17(16)14-28-2)24-21(23-18)15-8-10-19(11-9-15)25(26)27/h4-12H,3,13-14H2,1-2H3,(H,22,23,24). The maximum atomic E-state index is 10.9. The Bertz CT molecular complexity index is 958. The zero-order chi connectivity index (χ0) is 19.9. The van der Waals surface area contributed by atoms with Gasteiger partial charge in [0.2, 0.25) is 0 Å². The number of anilines is 1. The van der Waals surface area contributed by atoms with Gasteiger partial charge in [0.15, 0.2) is 5.82 Å². The van der Waals surface area contributed by atoms with Crippen LogP contribution in [0.5, 0.6) is 0 Å². The van der Waals surface area contributed by atoms with Crippen molar-refractivity contribution < 1.29 is 9.66 Å². The van der Waals surface area contributed by atoms with Crippen LogP contribution in [-0.2, 0) is 24.3 Å². The normalized spacial score (nSPS) is 10.6. The molecule has 1 heterocycles. The van der Waals surface area contributed by atoms with Crippen molar-refractivity contribution in [1.82, 2.24) is 9.97 Å². The molecule has 1 N–H and O–H groups in total. The third-order valence-electron chi connectivity index (χ3n) is 4.36. The zero-order valence-electron chi connectivity index (χ0n) is 15.9. The molecule has 3 rings (SSSR count). The van der Waals surface area contributed by atoms with E-state index in [1.54, 1.807) is 19.2 Å². The summed E-state index contributed by atoms with van der Waals surface area (Å²) in [5, 5.41) is 14.2. The second-order valence-corrected chi connectivity index (χ2v) is 6.28. The molecule has 3 aromatic rings. The summed E-state index contributed by atoms with van der Waals surface area (Å²) in [7, 11) is 1.68. The molecule has 0 fully saturated rings. The third-order valence-corrected chi connectivity index (χ3v) is 4.36. The number of aryl methyl sites for hydroxylation is 1. The van der Waals surface area contributed by atoms with Gasteiger partial charge in [-0.15, -0.1) is 0 Å². The number of benzene rings is 2. The number of nitrogens with zero attached hydrogens (tertiary/aromatic N) is 3. The Hall–Kier alpha value is -3.32. The second kappa shape index (κ2) is 9.05. The van der Waals surface area contributed by atoms with Gasteiger partial charge in [-0.2, -0.15) is 0 Å². The molecule has 144 valence electrons. The molecule has 0 aliphatic carbocycles. The molecule has 0 aliphatic rings. The summed E-state index contributed by atoms with van der Waals surface area (Å²) >= 11 is 0. The van der Waals surface area contributed by atoms with Crippen molar-refractivity contribution in [3.63, 3.8) is 0 Å². The first-order valence-electron chi connectivity index (χ1n) is 9.03. The summed E-state index contributed by atoms with van der Waals surface area (Å²) in [5.41, 5.74) is 3.94. The minimum atomic E-state index is -0.419. The first-order chi connectivity index (χ1) is 13.6. The molecule has 0 aliphatic heterocycles. The first-order valence-corrected chi connectivity index (χ1v) is 9.03. The van der Waals surface area contributed by atoms with Crippen molar-refractivity contribution in [2.45, 2.75) is 26.5 Å². The highest BCUT2D eigenvalue weighted by molar-refractivity contribution is 5.59. The van der Waals surface area contributed by atoms with E-state index in [1.807, 2.05) is 31.2 Å². The van der Waals surface area contributed by atoms with E-state index in [1.165, 1.54) is 12.1 Å². The highest BCUT2D eigenvalue weighted by Crippen LogP contribution is 2.22. The number of methoxy groups -OCH3 is 1. The van der Waals surface area contributed by atoms with E-state index < -0.39 is 4.92 Å². The minimum Gasteiger partial charge on any atom is -0.380 e. The van der Waals surface area contributed by atoms with Crippen molar-refractivity contribution in [2.24, 2.45) is 0 Å². The maximum absolute atomic E-state index is 10.9. The van der Waals surface area contributed by atoms with Crippen molar-refractivity contribution in [3.05, 3.63) is 81.5 Å². The molecule has 28 heavy (non-hydrogen) atoms.